The molecule has 0 saturated carbocycles. The molecule has 1 N–H and O–H groups in total. The number of carbonyl (C=O) groups excluding carboxylic acids is 1. The first kappa shape index (κ1) is 19.8. The van der Waals surface area contributed by atoms with Crippen LogP contribution in [0.5, 0.6) is 0 Å². The van der Waals surface area contributed by atoms with Gasteiger partial charge in [-0.15, -0.1) is 0 Å². The van der Waals surface area contributed by atoms with E-state index in [4.69, 9.17) is 0 Å². The molecule has 2 aromatic carbocycles. The smallest absolute Gasteiger partial charge is 0.261 e. The summed E-state index contributed by atoms with van der Waals surface area (Å²) in [4.78, 5) is 29.3. The molecule has 0 aliphatic rings. The van der Waals surface area contributed by atoms with Crippen molar-refractivity contribution in [2.24, 2.45) is 0 Å². The predicted molar refractivity (Wildman–Crippen MR) is 108 cm³/mol. The third-order valence-electron chi connectivity index (χ3n) is 4.51. The molecule has 0 aliphatic carbocycles. The molecule has 1 heterocycles. The lowest BCUT2D eigenvalue weighted by Gasteiger charge is -2.09. The quantitative estimate of drug-likeness (QED) is 0.687. The minimum atomic E-state index is -3.27. The fourth-order valence-corrected chi connectivity index (χ4v) is 3.74. The van der Waals surface area contributed by atoms with E-state index in [1.807, 2.05) is 13.0 Å². The van der Waals surface area contributed by atoms with Crippen LogP contribution in [-0.4, -0.2) is 29.6 Å². The summed E-state index contributed by atoms with van der Waals surface area (Å²) < 4.78 is 25.0. The number of aromatic nitrogens is 2. The number of fused-ring (bicyclic) bond motifs is 1. The summed E-state index contributed by atoms with van der Waals surface area (Å²) in [7, 11) is -3.27. The van der Waals surface area contributed by atoms with Crippen LogP contribution >= 0.6 is 0 Å². The number of anilines is 1. The fraction of sp³-hybridized carbons (Fsp3) is 0.250. The molecule has 0 bridgehead atoms. The molecule has 1 amide bonds. The second kappa shape index (κ2) is 7.93. The van der Waals surface area contributed by atoms with Gasteiger partial charge in [0.2, 0.25) is 5.91 Å². The molecule has 7 nitrogen and oxygen atoms in total. The number of aryl methyl sites for hydroxylation is 2. The highest BCUT2D eigenvalue weighted by atomic mass is 32.2. The lowest BCUT2D eigenvalue weighted by Crippen LogP contribution is -2.23. The molecule has 0 unspecified atom stereocenters. The summed E-state index contributed by atoms with van der Waals surface area (Å²) in [6.45, 7) is 3.67. The number of carbonyl (C=O) groups is 1. The van der Waals surface area contributed by atoms with Crippen molar-refractivity contribution < 1.29 is 13.2 Å². The van der Waals surface area contributed by atoms with Crippen LogP contribution in [0.25, 0.3) is 10.9 Å². The van der Waals surface area contributed by atoms with Crippen LogP contribution < -0.4 is 10.9 Å². The number of rotatable bonds is 6. The van der Waals surface area contributed by atoms with Crippen molar-refractivity contribution in [1.29, 1.82) is 0 Å². The fourth-order valence-electron chi connectivity index (χ4n) is 2.85. The normalized spacial score (nSPS) is 11.5. The predicted octanol–water partition coefficient (Wildman–Crippen LogP) is 2.53. The monoisotopic (exact) mass is 399 g/mol. The first-order valence-electron chi connectivity index (χ1n) is 8.89. The number of benzene rings is 2. The Bertz CT molecular complexity index is 1180. The van der Waals surface area contributed by atoms with Gasteiger partial charge in [-0.25, -0.2) is 13.4 Å². The largest absolute Gasteiger partial charge is 0.326 e. The summed E-state index contributed by atoms with van der Waals surface area (Å²) in [5.41, 5.74) is 1.90. The van der Waals surface area contributed by atoms with E-state index in [2.05, 4.69) is 10.3 Å². The molecule has 28 heavy (non-hydrogen) atoms. The van der Waals surface area contributed by atoms with Crippen LogP contribution in [-0.2, 0) is 21.2 Å². The molecule has 0 spiro atoms. The maximum atomic E-state index is 12.5. The van der Waals surface area contributed by atoms with Crippen LogP contribution in [0.1, 0.15) is 18.9 Å². The summed E-state index contributed by atoms with van der Waals surface area (Å²) in [6.07, 6.45) is 1.54. The lowest BCUT2D eigenvalue weighted by molar-refractivity contribution is -0.116. The van der Waals surface area contributed by atoms with E-state index in [1.165, 1.54) is 23.0 Å². The highest BCUT2D eigenvalue weighted by molar-refractivity contribution is 7.91. The van der Waals surface area contributed by atoms with Gasteiger partial charge in [0.15, 0.2) is 9.84 Å². The summed E-state index contributed by atoms with van der Waals surface area (Å²) >= 11 is 0. The minimum Gasteiger partial charge on any atom is -0.326 e. The highest BCUT2D eigenvalue weighted by Gasteiger charge is 2.12. The van der Waals surface area contributed by atoms with Crippen molar-refractivity contribution in [3.63, 3.8) is 0 Å². The van der Waals surface area contributed by atoms with Gasteiger partial charge in [0.05, 0.1) is 27.9 Å². The first-order chi connectivity index (χ1) is 13.3. The van der Waals surface area contributed by atoms with Gasteiger partial charge in [-0.3, -0.25) is 14.2 Å². The van der Waals surface area contributed by atoms with Gasteiger partial charge in [-0.05, 0) is 42.8 Å². The summed E-state index contributed by atoms with van der Waals surface area (Å²) in [6, 6.07) is 11.5. The molecule has 3 rings (SSSR count). The number of nitrogens with one attached hydrogen (secondary N) is 1. The second-order valence-electron chi connectivity index (χ2n) is 6.44. The number of amides is 1. The van der Waals surface area contributed by atoms with Gasteiger partial charge in [0, 0.05) is 18.7 Å². The van der Waals surface area contributed by atoms with E-state index in [1.54, 1.807) is 31.2 Å². The molecule has 8 heteroatoms. The Morgan fingerprint density at radius 2 is 1.86 bits per heavy atom. The van der Waals surface area contributed by atoms with Gasteiger partial charge >= 0.3 is 0 Å². The van der Waals surface area contributed by atoms with Gasteiger partial charge in [0.25, 0.3) is 5.56 Å². The first-order valence-corrected chi connectivity index (χ1v) is 10.5. The zero-order chi connectivity index (χ0) is 20.3. The Hall–Kier alpha value is -3.00. The third kappa shape index (κ3) is 4.12. The molecule has 0 saturated heterocycles. The zero-order valence-corrected chi connectivity index (χ0v) is 16.5. The van der Waals surface area contributed by atoms with E-state index in [9.17, 15) is 18.0 Å². The van der Waals surface area contributed by atoms with Crippen molar-refractivity contribution in [2.45, 2.75) is 31.7 Å². The number of para-hydroxylation sites is 1. The maximum absolute atomic E-state index is 12.5. The Kier molecular flexibility index (Phi) is 5.60. The van der Waals surface area contributed by atoms with Gasteiger partial charge in [-0.2, -0.15) is 0 Å². The van der Waals surface area contributed by atoms with Crippen LogP contribution in [0, 0.1) is 6.92 Å². The average molecular weight is 399 g/mol. The lowest BCUT2D eigenvalue weighted by atomic mass is 10.1. The topological polar surface area (TPSA) is 98.1 Å². The van der Waals surface area contributed by atoms with Crippen molar-refractivity contribution in [3.05, 3.63) is 64.7 Å². The van der Waals surface area contributed by atoms with Crippen molar-refractivity contribution in [1.82, 2.24) is 9.55 Å². The molecule has 3 aromatic rings. The van der Waals surface area contributed by atoms with Crippen LogP contribution in [0.15, 0.2) is 58.5 Å². The van der Waals surface area contributed by atoms with Gasteiger partial charge < -0.3 is 5.32 Å². The van der Waals surface area contributed by atoms with Crippen LogP contribution in [0.4, 0.5) is 5.69 Å². The van der Waals surface area contributed by atoms with E-state index < -0.39 is 9.84 Å². The number of sulfone groups is 1. The van der Waals surface area contributed by atoms with E-state index in [0.717, 1.165) is 5.56 Å². The molecular weight excluding hydrogens is 378 g/mol. The molecular formula is C20H21N3O4S. The summed E-state index contributed by atoms with van der Waals surface area (Å²) in [5, 5.41) is 3.23. The zero-order valence-electron chi connectivity index (χ0n) is 15.7. The van der Waals surface area contributed by atoms with Crippen molar-refractivity contribution in [2.75, 3.05) is 11.1 Å². The maximum Gasteiger partial charge on any atom is 0.261 e. The Morgan fingerprint density at radius 3 is 2.54 bits per heavy atom. The Balaban J connectivity index is 1.67. The Labute approximate surface area is 163 Å². The minimum absolute atomic E-state index is 0.0206. The third-order valence-corrected chi connectivity index (χ3v) is 6.26. The second-order valence-corrected chi connectivity index (χ2v) is 8.72. The molecule has 1 aromatic heterocycles. The SMILES string of the molecule is CCS(=O)(=O)c1ccc(NC(=O)CCn2cnc3c(C)cccc3c2=O)cc1. The van der Waals surface area contributed by atoms with E-state index >= 15 is 0 Å². The van der Waals surface area contributed by atoms with E-state index in [0.29, 0.717) is 16.6 Å². The Morgan fingerprint density at radius 1 is 1.14 bits per heavy atom. The number of hydrogen-bond acceptors (Lipinski definition) is 5. The number of hydrogen-bond donors (Lipinski definition) is 1. The van der Waals surface area contributed by atoms with Gasteiger partial charge in [0.1, 0.15) is 0 Å². The standard InChI is InChI=1S/C20H21N3O4S/c1-3-28(26,27)16-9-7-15(8-10-16)22-18(24)11-12-23-13-21-19-14(2)5-4-6-17(19)20(23)25/h4-10,13H,3,11-12H2,1-2H3,(H,22,24). The molecule has 0 atom stereocenters. The average Bonchev–Trinajstić information content (AvgIpc) is 2.68. The highest BCUT2D eigenvalue weighted by Crippen LogP contribution is 2.16. The molecule has 0 aliphatic heterocycles. The van der Waals surface area contributed by atoms with Crippen molar-refractivity contribution in [3.8, 4) is 0 Å². The van der Waals surface area contributed by atoms with E-state index in [-0.39, 0.29) is 35.1 Å². The van der Waals surface area contributed by atoms with Crippen molar-refractivity contribution >= 4 is 32.3 Å². The summed E-state index contributed by atoms with van der Waals surface area (Å²) in [5.74, 6) is -0.255. The molecule has 0 fully saturated rings. The van der Waals surface area contributed by atoms with Gasteiger partial charge in [-0.1, -0.05) is 19.1 Å². The number of nitrogens with zero attached hydrogens (tertiary/aromatic N) is 2. The van der Waals surface area contributed by atoms with Crippen LogP contribution in [0.3, 0.4) is 0 Å². The molecule has 146 valence electrons. The molecule has 0 radical (unpaired) electrons. The van der Waals surface area contributed by atoms with Crippen LogP contribution in [0.2, 0.25) is 0 Å².